The lowest BCUT2D eigenvalue weighted by Gasteiger charge is -2.14. The summed E-state index contributed by atoms with van der Waals surface area (Å²) in [6.07, 6.45) is 1.52. The Bertz CT molecular complexity index is 944. The Morgan fingerprint density at radius 2 is 1.46 bits per heavy atom. The third-order valence-corrected chi connectivity index (χ3v) is 4.80. The third kappa shape index (κ3) is 5.59. The van der Waals surface area contributed by atoms with E-state index in [1.807, 2.05) is 36.4 Å². The standard InChI is InChI=1S/C22H16Cl4O2/c23-19-12-17(27-11-10-21(25)26)13-20(24)22(19)28-14-16-8-4-5-9-18(16)15-6-2-1-3-7-15/h1-10,12-13H,11,14H2. The van der Waals surface area contributed by atoms with Crippen molar-refractivity contribution in [2.45, 2.75) is 6.61 Å². The zero-order valence-electron chi connectivity index (χ0n) is 14.7. The van der Waals surface area contributed by atoms with E-state index in [1.165, 1.54) is 6.08 Å². The minimum atomic E-state index is 0.134. The number of rotatable bonds is 7. The first-order valence-electron chi connectivity index (χ1n) is 8.43. The van der Waals surface area contributed by atoms with Gasteiger partial charge in [0.15, 0.2) is 5.75 Å². The maximum absolute atomic E-state index is 6.34. The molecule has 0 saturated heterocycles. The van der Waals surface area contributed by atoms with E-state index in [2.05, 4.69) is 18.2 Å². The molecule has 3 aromatic rings. The lowest BCUT2D eigenvalue weighted by molar-refractivity contribution is 0.305. The van der Waals surface area contributed by atoms with Crippen LogP contribution in [0.3, 0.4) is 0 Å². The topological polar surface area (TPSA) is 18.5 Å². The molecule has 0 aliphatic heterocycles. The van der Waals surface area contributed by atoms with Gasteiger partial charge in [-0.3, -0.25) is 0 Å². The van der Waals surface area contributed by atoms with E-state index in [4.69, 9.17) is 55.9 Å². The largest absolute Gasteiger partial charge is 0.489 e. The molecule has 3 rings (SSSR count). The average Bonchev–Trinajstić information content (AvgIpc) is 2.68. The summed E-state index contributed by atoms with van der Waals surface area (Å²) in [7, 11) is 0. The Labute approximate surface area is 184 Å². The molecule has 0 aliphatic carbocycles. The Morgan fingerprint density at radius 3 is 2.14 bits per heavy atom. The van der Waals surface area contributed by atoms with Gasteiger partial charge in [0.1, 0.15) is 23.5 Å². The minimum absolute atomic E-state index is 0.134. The summed E-state index contributed by atoms with van der Waals surface area (Å²) in [5.41, 5.74) is 3.25. The van der Waals surface area contributed by atoms with Crippen molar-refractivity contribution in [2.24, 2.45) is 0 Å². The zero-order valence-corrected chi connectivity index (χ0v) is 17.7. The van der Waals surface area contributed by atoms with Crippen molar-refractivity contribution >= 4 is 46.4 Å². The molecule has 3 aromatic carbocycles. The summed E-state index contributed by atoms with van der Waals surface area (Å²) in [5.74, 6) is 0.905. The lowest BCUT2D eigenvalue weighted by Crippen LogP contribution is -2.00. The second-order valence-corrected chi connectivity index (χ2v) is 7.65. The predicted octanol–water partition coefficient (Wildman–Crippen LogP) is 7.94. The predicted molar refractivity (Wildman–Crippen MR) is 118 cm³/mol. The number of benzene rings is 3. The summed E-state index contributed by atoms with van der Waals surface area (Å²) >= 11 is 23.8. The van der Waals surface area contributed by atoms with Gasteiger partial charge in [-0.2, -0.15) is 0 Å². The molecule has 0 fully saturated rings. The van der Waals surface area contributed by atoms with Gasteiger partial charge < -0.3 is 9.47 Å². The van der Waals surface area contributed by atoms with Crippen molar-refractivity contribution < 1.29 is 9.47 Å². The number of halogens is 4. The van der Waals surface area contributed by atoms with E-state index in [0.717, 1.165) is 16.7 Å². The molecular weight excluding hydrogens is 438 g/mol. The summed E-state index contributed by atoms with van der Waals surface area (Å²) in [5, 5.41) is 0.723. The molecular formula is C22H16Cl4O2. The first kappa shape index (κ1) is 20.9. The molecule has 0 radical (unpaired) electrons. The van der Waals surface area contributed by atoms with Crippen LogP contribution in [-0.2, 0) is 6.61 Å². The maximum Gasteiger partial charge on any atom is 0.157 e. The van der Waals surface area contributed by atoms with Crippen LogP contribution in [0.25, 0.3) is 11.1 Å². The van der Waals surface area contributed by atoms with Gasteiger partial charge >= 0.3 is 0 Å². The van der Waals surface area contributed by atoms with E-state index >= 15 is 0 Å². The molecule has 0 spiro atoms. The highest BCUT2D eigenvalue weighted by atomic mass is 35.5. The van der Waals surface area contributed by atoms with Crippen molar-refractivity contribution in [2.75, 3.05) is 6.61 Å². The lowest BCUT2D eigenvalue weighted by atomic mass is 10.0. The maximum atomic E-state index is 6.34. The average molecular weight is 454 g/mol. The molecule has 0 heterocycles. The second kappa shape index (κ2) is 10.1. The number of hydrogen-bond acceptors (Lipinski definition) is 2. The van der Waals surface area contributed by atoms with Crippen LogP contribution < -0.4 is 9.47 Å². The van der Waals surface area contributed by atoms with Crippen molar-refractivity contribution in [1.29, 1.82) is 0 Å². The van der Waals surface area contributed by atoms with Crippen molar-refractivity contribution in [1.82, 2.24) is 0 Å². The molecule has 0 amide bonds. The molecule has 0 aliphatic rings. The summed E-state index contributed by atoms with van der Waals surface area (Å²) < 4.78 is 11.6. The van der Waals surface area contributed by atoms with Crippen molar-refractivity contribution in [3.63, 3.8) is 0 Å². The van der Waals surface area contributed by atoms with Crippen LogP contribution >= 0.6 is 46.4 Å². The van der Waals surface area contributed by atoms with E-state index in [1.54, 1.807) is 12.1 Å². The summed E-state index contributed by atoms with van der Waals surface area (Å²) in [6, 6.07) is 21.5. The highest BCUT2D eigenvalue weighted by molar-refractivity contribution is 6.55. The minimum Gasteiger partial charge on any atom is -0.489 e. The molecule has 2 nitrogen and oxygen atoms in total. The Kier molecular flexibility index (Phi) is 7.52. The summed E-state index contributed by atoms with van der Waals surface area (Å²) in [6.45, 7) is 0.537. The van der Waals surface area contributed by atoms with Crippen LogP contribution in [0, 0.1) is 0 Å². The third-order valence-electron chi connectivity index (χ3n) is 3.93. The monoisotopic (exact) mass is 452 g/mol. The molecule has 0 atom stereocenters. The first-order valence-corrected chi connectivity index (χ1v) is 9.95. The van der Waals surface area contributed by atoms with Gasteiger partial charge in [0, 0.05) is 12.1 Å². The van der Waals surface area contributed by atoms with Crippen molar-refractivity contribution in [3.8, 4) is 22.6 Å². The SMILES string of the molecule is ClC(Cl)=CCOc1cc(Cl)c(OCc2ccccc2-c2ccccc2)c(Cl)c1. The van der Waals surface area contributed by atoms with Gasteiger partial charge in [0.25, 0.3) is 0 Å². The fourth-order valence-electron chi connectivity index (χ4n) is 2.65. The molecule has 0 saturated carbocycles. The summed E-state index contributed by atoms with van der Waals surface area (Å²) in [4.78, 5) is 0. The molecule has 0 bridgehead atoms. The van der Waals surface area contributed by atoms with Gasteiger partial charge in [-0.25, -0.2) is 0 Å². The fourth-order valence-corrected chi connectivity index (χ4v) is 3.36. The molecule has 28 heavy (non-hydrogen) atoms. The van der Waals surface area contributed by atoms with E-state index < -0.39 is 0 Å². The molecule has 0 aromatic heterocycles. The Hall–Kier alpha value is -1.84. The van der Waals surface area contributed by atoms with Gasteiger partial charge in [-0.1, -0.05) is 101 Å². The van der Waals surface area contributed by atoms with Crippen molar-refractivity contribution in [3.05, 3.63) is 92.9 Å². The van der Waals surface area contributed by atoms with Crippen LogP contribution in [0.4, 0.5) is 0 Å². The molecule has 0 N–H and O–H groups in total. The van der Waals surface area contributed by atoms with Crippen LogP contribution in [0.2, 0.25) is 10.0 Å². The first-order chi connectivity index (χ1) is 13.5. The smallest absolute Gasteiger partial charge is 0.157 e. The fraction of sp³-hybridized carbons (Fsp3) is 0.0909. The van der Waals surface area contributed by atoms with E-state index in [9.17, 15) is 0 Å². The second-order valence-electron chi connectivity index (χ2n) is 5.83. The normalized spacial score (nSPS) is 10.4. The molecule has 6 heteroatoms. The Balaban J connectivity index is 1.76. The number of hydrogen-bond donors (Lipinski definition) is 0. The molecule has 0 unspecified atom stereocenters. The van der Waals surface area contributed by atoms with Crippen LogP contribution in [0.15, 0.2) is 77.3 Å². The number of ether oxygens (including phenoxy) is 2. The zero-order chi connectivity index (χ0) is 19.9. The molecule has 144 valence electrons. The van der Waals surface area contributed by atoms with Crippen LogP contribution in [-0.4, -0.2) is 6.61 Å². The highest BCUT2D eigenvalue weighted by Crippen LogP contribution is 2.38. The van der Waals surface area contributed by atoms with Gasteiger partial charge in [0.05, 0.1) is 10.0 Å². The quantitative estimate of drug-likeness (QED) is 0.361. The van der Waals surface area contributed by atoms with Gasteiger partial charge in [-0.15, -0.1) is 0 Å². The van der Waals surface area contributed by atoms with Gasteiger partial charge in [-0.05, 0) is 22.8 Å². The van der Waals surface area contributed by atoms with Gasteiger partial charge in [0.2, 0.25) is 0 Å². The van der Waals surface area contributed by atoms with Crippen LogP contribution in [0.5, 0.6) is 11.5 Å². The van der Waals surface area contributed by atoms with E-state index in [0.29, 0.717) is 28.2 Å². The highest BCUT2D eigenvalue weighted by Gasteiger charge is 2.12. The van der Waals surface area contributed by atoms with Crippen LogP contribution in [0.1, 0.15) is 5.56 Å². The Morgan fingerprint density at radius 1 is 0.821 bits per heavy atom. The van der Waals surface area contributed by atoms with E-state index in [-0.39, 0.29) is 11.1 Å².